The summed E-state index contributed by atoms with van der Waals surface area (Å²) >= 11 is 0. The molecule has 0 spiro atoms. The quantitative estimate of drug-likeness (QED) is 0.575. The van der Waals surface area contributed by atoms with Crippen molar-refractivity contribution in [3.05, 3.63) is 59.8 Å². The summed E-state index contributed by atoms with van der Waals surface area (Å²) in [5.74, 6) is 1.83. The zero-order chi connectivity index (χ0) is 23.2. The first-order valence-corrected chi connectivity index (χ1v) is 11.7. The van der Waals surface area contributed by atoms with Crippen LogP contribution >= 0.6 is 0 Å². The van der Waals surface area contributed by atoms with Crippen LogP contribution in [0.1, 0.15) is 41.7 Å². The summed E-state index contributed by atoms with van der Waals surface area (Å²) in [7, 11) is 0. The number of amides is 2. The number of hydrogen-bond acceptors (Lipinski definition) is 5. The number of anilines is 1. The lowest BCUT2D eigenvalue weighted by Crippen LogP contribution is -2.40. The number of aromatic nitrogens is 2. The van der Waals surface area contributed by atoms with Crippen LogP contribution in [-0.4, -0.2) is 46.4 Å². The molecule has 2 atom stereocenters. The highest BCUT2D eigenvalue weighted by Crippen LogP contribution is 2.39. The lowest BCUT2D eigenvalue weighted by Gasteiger charge is -2.38. The van der Waals surface area contributed by atoms with Crippen LogP contribution in [0.2, 0.25) is 0 Å². The van der Waals surface area contributed by atoms with Crippen LogP contribution < -0.4 is 14.8 Å². The third-order valence-corrected chi connectivity index (χ3v) is 6.70. The summed E-state index contributed by atoms with van der Waals surface area (Å²) in [6, 6.07) is 9.01. The maximum Gasteiger partial charge on any atom is 0.254 e. The van der Waals surface area contributed by atoms with Crippen molar-refractivity contribution >= 4 is 28.7 Å². The van der Waals surface area contributed by atoms with Gasteiger partial charge in [-0.15, -0.1) is 0 Å². The molecule has 1 aliphatic carbocycles. The normalized spacial score (nSPS) is 21.5. The van der Waals surface area contributed by atoms with Gasteiger partial charge in [0.05, 0.1) is 6.04 Å². The number of ether oxygens (including phenoxy) is 2. The minimum Gasteiger partial charge on any atom is -0.486 e. The summed E-state index contributed by atoms with van der Waals surface area (Å²) in [5, 5.41) is 3.91. The van der Waals surface area contributed by atoms with Crippen molar-refractivity contribution < 1.29 is 19.1 Å². The number of aromatic amines is 1. The fourth-order valence-corrected chi connectivity index (χ4v) is 4.84. The number of nitrogens with one attached hydrogen (secondary N) is 2. The molecule has 1 saturated carbocycles. The van der Waals surface area contributed by atoms with Gasteiger partial charge in [-0.25, -0.2) is 4.98 Å². The van der Waals surface area contributed by atoms with Gasteiger partial charge in [-0.05, 0) is 54.7 Å². The van der Waals surface area contributed by atoms with Crippen LogP contribution in [-0.2, 0) is 4.79 Å². The zero-order valence-electron chi connectivity index (χ0n) is 18.9. The van der Waals surface area contributed by atoms with Gasteiger partial charge in [0.25, 0.3) is 5.91 Å². The SMILES string of the molecule is CC1C=CCN(C(=O)c2ccc3c(c2)OCCO3)C1c1cc(NC(=O)C2CC2)nc2[nH]ccc12. The lowest BCUT2D eigenvalue weighted by molar-refractivity contribution is -0.117. The molecular formula is C26H26N4O4. The predicted molar refractivity (Wildman–Crippen MR) is 127 cm³/mol. The number of benzene rings is 1. The van der Waals surface area contributed by atoms with E-state index in [1.807, 2.05) is 29.3 Å². The van der Waals surface area contributed by atoms with E-state index in [-0.39, 0.29) is 29.7 Å². The van der Waals surface area contributed by atoms with Crippen molar-refractivity contribution in [3.63, 3.8) is 0 Å². The zero-order valence-corrected chi connectivity index (χ0v) is 18.9. The number of pyridine rings is 1. The number of carbonyl (C=O) groups is 2. The maximum atomic E-state index is 13.8. The molecule has 8 nitrogen and oxygen atoms in total. The number of H-pyrrole nitrogens is 1. The largest absolute Gasteiger partial charge is 0.486 e. The van der Waals surface area contributed by atoms with Crippen molar-refractivity contribution in [2.75, 3.05) is 25.1 Å². The summed E-state index contributed by atoms with van der Waals surface area (Å²) < 4.78 is 11.3. The molecule has 3 aliphatic rings. The van der Waals surface area contributed by atoms with E-state index in [0.717, 1.165) is 23.8 Å². The highest BCUT2D eigenvalue weighted by Gasteiger charge is 2.34. The Morgan fingerprint density at radius 2 is 1.94 bits per heavy atom. The van der Waals surface area contributed by atoms with Gasteiger partial charge in [0.1, 0.15) is 24.7 Å². The van der Waals surface area contributed by atoms with Crippen molar-refractivity contribution in [2.24, 2.45) is 11.8 Å². The minimum atomic E-state index is -0.219. The van der Waals surface area contributed by atoms with Crippen molar-refractivity contribution in [2.45, 2.75) is 25.8 Å². The molecule has 8 heteroatoms. The average Bonchev–Trinajstić information content (AvgIpc) is 3.60. The number of fused-ring (bicyclic) bond motifs is 2. The second-order valence-corrected chi connectivity index (χ2v) is 9.15. The Morgan fingerprint density at radius 1 is 1.12 bits per heavy atom. The molecule has 1 fully saturated rings. The van der Waals surface area contributed by atoms with E-state index in [0.29, 0.717) is 48.3 Å². The molecule has 2 aliphatic heterocycles. The van der Waals surface area contributed by atoms with Crippen LogP contribution in [0.5, 0.6) is 11.5 Å². The van der Waals surface area contributed by atoms with Crippen LogP contribution in [0.4, 0.5) is 5.82 Å². The third kappa shape index (κ3) is 3.69. The summed E-state index contributed by atoms with van der Waals surface area (Å²) in [4.78, 5) is 35.8. The molecule has 6 rings (SSSR count). The van der Waals surface area contributed by atoms with Gasteiger partial charge in [-0.1, -0.05) is 19.1 Å². The highest BCUT2D eigenvalue weighted by atomic mass is 16.6. The van der Waals surface area contributed by atoms with Crippen LogP contribution in [0.3, 0.4) is 0 Å². The molecule has 34 heavy (non-hydrogen) atoms. The Kier molecular flexibility index (Phi) is 5.01. The van der Waals surface area contributed by atoms with E-state index in [1.54, 1.807) is 18.2 Å². The first-order chi connectivity index (χ1) is 16.6. The minimum absolute atomic E-state index is 0.00477. The van der Waals surface area contributed by atoms with E-state index in [1.165, 1.54) is 0 Å². The van der Waals surface area contributed by atoms with E-state index >= 15 is 0 Å². The molecular weight excluding hydrogens is 432 g/mol. The summed E-state index contributed by atoms with van der Waals surface area (Å²) in [6.07, 6.45) is 7.85. The Morgan fingerprint density at radius 3 is 2.76 bits per heavy atom. The monoisotopic (exact) mass is 458 g/mol. The Labute approximate surface area is 196 Å². The molecule has 174 valence electrons. The van der Waals surface area contributed by atoms with E-state index < -0.39 is 0 Å². The maximum absolute atomic E-state index is 13.8. The fraction of sp³-hybridized carbons (Fsp3) is 0.346. The molecule has 2 N–H and O–H groups in total. The highest BCUT2D eigenvalue weighted by molar-refractivity contribution is 5.97. The molecule has 2 aromatic heterocycles. The van der Waals surface area contributed by atoms with Crippen molar-refractivity contribution in [1.29, 1.82) is 0 Å². The Bertz CT molecular complexity index is 1310. The standard InChI is InChI=1S/C26H26N4O4/c1-15-3-2-10-30(26(32)17-6-7-20-21(13-17)34-12-11-33-20)23(15)19-14-22(29-25(31)16-4-5-16)28-24-18(19)8-9-27-24/h2-3,6-9,13-16,23H,4-5,10-12H2,1H3,(H2,27,28,29,31). The molecule has 1 aromatic carbocycles. The second kappa shape index (κ2) is 8.20. The van der Waals surface area contributed by atoms with Crippen LogP contribution in [0, 0.1) is 11.8 Å². The topological polar surface area (TPSA) is 96.6 Å². The van der Waals surface area contributed by atoms with Crippen molar-refractivity contribution in [1.82, 2.24) is 14.9 Å². The molecule has 4 heterocycles. The van der Waals surface area contributed by atoms with Gasteiger partial charge < -0.3 is 24.7 Å². The van der Waals surface area contributed by atoms with Gasteiger partial charge in [0, 0.05) is 29.6 Å². The first-order valence-electron chi connectivity index (χ1n) is 11.7. The fourth-order valence-electron chi connectivity index (χ4n) is 4.84. The smallest absolute Gasteiger partial charge is 0.254 e. The summed E-state index contributed by atoms with van der Waals surface area (Å²) in [6.45, 7) is 3.56. The molecule has 2 unspecified atom stereocenters. The lowest BCUT2D eigenvalue weighted by atomic mass is 9.88. The number of carbonyl (C=O) groups excluding carboxylic acids is 2. The molecule has 3 aromatic rings. The average molecular weight is 459 g/mol. The predicted octanol–water partition coefficient (Wildman–Crippen LogP) is 4.07. The van der Waals surface area contributed by atoms with Gasteiger partial charge in [-0.2, -0.15) is 0 Å². The first kappa shape index (κ1) is 20.8. The molecule has 0 radical (unpaired) electrons. The van der Waals surface area contributed by atoms with Gasteiger partial charge in [0.15, 0.2) is 11.5 Å². The molecule has 0 bridgehead atoms. The number of hydrogen-bond donors (Lipinski definition) is 2. The van der Waals surface area contributed by atoms with Gasteiger partial charge in [-0.3, -0.25) is 9.59 Å². The van der Waals surface area contributed by atoms with E-state index in [2.05, 4.69) is 28.3 Å². The Balaban J connectivity index is 1.38. The van der Waals surface area contributed by atoms with E-state index in [9.17, 15) is 9.59 Å². The third-order valence-electron chi connectivity index (χ3n) is 6.70. The summed E-state index contributed by atoms with van der Waals surface area (Å²) in [5.41, 5.74) is 2.20. The Hall–Kier alpha value is -3.81. The molecule has 2 amide bonds. The van der Waals surface area contributed by atoms with Crippen molar-refractivity contribution in [3.8, 4) is 11.5 Å². The van der Waals surface area contributed by atoms with Gasteiger partial charge in [0.2, 0.25) is 5.91 Å². The van der Waals surface area contributed by atoms with Crippen LogP contribution in [0.25, 0.3) is 11.0 Å². The molecule has 0 saturated heterocycles. The second-order valence-electron chi connectivity index (χ2n) is 9.15. The van der Waals surface area contributed by atoms with Gasteiger partial charge >= 0.3 is 0 Å². The number of nitrogens with zero attached hydrogens (tertiary/aromatic N) is 2. The van der Waals surface area contributed by atoms with E-state index in [4.69, 9.17) is 9.47 Å². The number of rotatable bonds is 4. The van der Waals surface area contributed by atoms with Crippen LogP contribution in [0.15, 0.2) is 48.7 Å².